The predicted octanol–water partition coefficient (Wildman–Crippen LogP) is 1.65. The van der Waals surface area contributed by atoms with Gasteiger partial charge >= 0.3 is 0 Å². The van der Waals surface area contributed by atoms with E-state index in [-0.39, 0.29) is 6.10 Å². The summed E-state index contributed by atoms with van der Waals surface area (Å²) < 4.78 is 5.41. The Morgan fingerprint density at radius 2 is 1.85 bits per heavy atom. The molecule has 72 valence electrons. The van der Waals surface area contributed by atoms with Crippen LogP contribution in [-0.2, 0) is 4.74 Å². The number of nitrogen functional groups attached to an aromatic ring is 1. The van der Waals surface area contributed by atoms with Crippen molar-refractivity contribution in [2.24, 2.45) is 5.73 Å². The van der Waals surface area contributed by atoms with Crippen LogP contribution in [0.15, 0.2) is 24.3 Å². The molecule has 1 atom stereocenters. The molecule has 0 fully saturated rings. The van der Waals surface area contributed by atoms with Gasteiger partial charge in [0.2, 0.25) is 0 Å². The number of ether oxygens (including phenoxy) is 1. The van der Waals surface area contributed by atoms with Gasteiger partial charge in [0.05, 0.1) is 6.10 Å². The monoisotopic (exact) mass is 180 g/mol. The maximum absolute atomic E-state index is 5.79. The lowest BCUT2D eigenvalue weighted by molar-refractivity contribution is 0.0109. The molecule has 0 bridgehead atoms. The van der Waals surface area contributed by atoms with E-state index in [1.807, 2.05) is 38.1 Å². The average molecular weight is 180 g/mol. The summed E-state index contributed by atoms with van der Waals surface area (Å²) in [7, 11) is 0. The van der Waals surface area contributed by atoms with Crippen molar-refractivity contribution < 1.29 is 4.74 Å². The normalized spacial score (nSPS) is 13.2. The molecule has 3 nitrogen and oxygen atoms in total. The number of hydrogen-bond donors (Lipinski definition) is 2. The van der Waals surface area contributed by atoms with Crippen molar-refractivity contribution >= 4 is 5.69 Å². The molecule has 0 radical (unpaired) electrons. The lowest BCUT2D eigenvalue weighted by Crippen LogP contribution is -2.19. The highest BCUT2D eigenvalue weighted by Gasteiger charge is 2.10. The van der Waals surface area contributed by atoms with Crippen molar-refractivity contribution in [2.45, 2.75) is 26.2 Å². The first-order valence-electron chi connectivity index (χ1n) is 4.36. The lowest BCUT2D eigenvalue weighted by Gasteiger charge is -2.17. The van der Waals surface area contributed by atoms with Crippen molar-refractivity contribution in [3.8, 4) is 0 Å². The molecule has 1 unspecified atom stereocenters. The quantitative estimate of drug-likeness (QED) is 0.549. The smallest absolute Gasteiger partial charge is 0.134 e. The van der Waals surface area contributed by atoms with Gasteiger partial charge < -0.3 is 16.2 Å². The van der Waals surface area contributed by atoms with E-state index >= 15 is 0 Å². The van der Waals surface area contributed by atoms with Gasteiger partial charge in [0.15, 0.2) is 0 Å². The fourth-order valence-corrected chi connectivity index (χ4v) is 1.14. The van der Waals surface area contributed by atoms with E-state index in [1.165, 1.54) is 0 Å². The number of anilines is 1. The van der Waals surface area contributed by atoms with E-state index < -0.39 is 6.23 Å². The van der Waals surface area contributed by atoms with E-state index in [1.54, 1.807) is 0 Å². The number of benzene rings is 1. The second kappa shape index (κ2) is 4.25. The lowest BCUT2D eigenvalue weighted by atomic mass is 10.1. The zero-order chi connectivity index (χ0) is 9.84. The first kappa shape index (κ1) is 10.0. The van der Waals surface area contributed by atoms with Crippen LogP contribution >= 0.6 is 0 Å². The first-order valence-corrected chi connectivity index (χ1v) is 4.36. The Morgan fingerprint density at radius 1 is 1.23 bits per heavy atom. The second-order valence-electron chi connectivity index (χ2n) is 3.23. The molecule has 3 heteroatoms. The average Bonchev–Trinajstić information content (AvgIpc) is 2.03. The van der Waals surface area contributed by atoms with Gasteiger partial charge in [0.1, 0.15) is 6.23 Å². The predicted molar refractivity (Wildman–Crippen MR) is 54.0 cm³/mol. The molecule has 1 aromatic carbocycles. The molecule has 1 aromatic rings. The van der Waals surface area contributed by atoms with Crippen LogP contribution in [0.1, 0.15) is 25.6 Å². The molecule has 1 rings (SSSR count). The molecule has 0 aliphatic rings. The molecule has 0 aromatic heterocycles. The fourth-order valence-electron chi connectivity index (χ4n) is 1.14. The molecule has 0 aliphatic heterocycles. The molecule has 4 N–H and O–H groups in total. The van der Waals surface area contributed by atoms with Crippen molar-refractivity contribution in [2.75, 3.05) is 5.73 Å². The fraction of sp³-hybridized carbons (Fsp3) is 0.400. The summed E-state index contributed by atoms with van der Waals surface area (Å²) in [6.07, 6.45) is -0.323. The minimum absolute atomic E-state index is 0.106. The SMILES string of the molecule is CC(C)OC(N)c1ccccc1N. The van der Waals surface area contributed by atoms with Crippen LogP contribution in [0.3, 0.4) is 0 Å². The highest BCUT2D eigenvalue weighted by atomic mass is 16.5. The van der Waals surface area contributed by atoms with Crippen LogP contribution in [0.4, 0.5) is 5.69 Å². The molecule has 0 spiro atoms. The van der Waals surface area contributed by atoms with E-state index in [9.17, 15) is 0 Å². The third-order valence-electron chi connectivity index (χ3n) is 1.72. The largest absolute Gasteiger partial charge is 0.398 e. The minimum atomic E-state index is -0.429. The van der Waals surface area contributed by atoms with Gasteiger partial charge in [-0.3, -0.25) is 0 Å². The first-order chi connectivity index (χ1) is 6.11. The van der Waals surface area contributed by atoms with Crippen LogP contribution in [0.2, 0.25) is 0 Å². The van der Waals surface area contributed by atoms with Crippen LogP contribution < -0.4 is 11.5 Å². The summed E-state index contributed by atoms with van der Waals surface area (Å²) in [5.74, 6) is 0. The summed E-state index contributed by atoms with van der Waals surface area (Å²) in [6, 6.07) is 7.47. The van der Waals surface area contributed by atoms with Gasteiger partial charge in [0.25, 0.3) is 0 Å². The number of nitrogens with two attached hydrogens (primary N) is 2. The maximum atomic E-state index is 5.79. The third-order valence-corrected chi connectivity index (χ3v) is 1.72. The molecule has 0 aliphatic carbocycles. The Balaban J connectivity index is 2.76. The van der Waals surface area contributed by atoms with E-state index in [0.717, 1.165) is 5.56 Å². The highest BCUT2D eigenvalue weighted by Crippen LogP contribution is 2.19. The minimum Gasteiger partial charge on any atom is -0.398 e. The van der Waals surface area contributed by atoms with Gasteiger partial charge in [0, 0.05) is 11.3 Å². The Kier molecular flexibility index (Phi) is 3.28. The van der Waals surface area contributed by atoms with Gasteiger partial charge in [-0.2, -0.15) is 0 Å². The van der Waals surface area contributed by atoms with Crippen molar-refractivity contribution in [1.82, 2.24) is 0 Å². The molecule has 0 saturated carbocycles. The van der Waals surface area contributed by atoms with Crippen LogP contribution in [0, 0.1) is 0 Å². The highest BCUT2D eigenvalue weighted by molar-refractivity contribution is 5.47. The van der Waals surface area contributed by atoms with E-state index in [2.05, 4.69) is 0 Å². The molecular weight excluding hydrogens is 164 g/mol. The number of hydrogen-bond acceptors (Lipinski definition) is 3. The zero-order valence-electron chi connectivity index (χ0n) is 8.03. The van der Waals surface area contributed by atoms with Crippen molar-refractivity contribution in [3.05, 3.63) is 29.8 Å². The van der Waals surface area contributed by atoms with Crippen molar-refractivity contribution in [1.29, 1.82) is 0 Å². The van der Waals surface area contributed by atoms with Crippen LogP contribution in [0.5, 0.6) is 0 Å². The standard InChI is InChI=1S/C10H16N2O/c1-7(2)13-10(12)8-5-3-4-6-9(8)11/h3-7,10H,11-12H2,1-2H3. The zero-order valence-corrected chi connectivity index (χ0v) is 8.03. The van der Waals surface area contributed by atoms with Gasteiger partial charge in [-0.1, -0.05) is 18.2 Å². The summed E-state index contributed by atoms with van der Waals surface area (Å²) in [6.45, 7) is 3.89. The van der Waals surface area contributed by atoms with E-state index in [0.29, 0.717) is 5.69 Å². The van der Waals surface area contributed by atoms with Crippen LogP contribution in [0.25, 0.3) is 0 Å². The number of para-hydroxylation sites is 1. The maximum Gasteiger partial charge on any atom is 0.134 e. The molecular formula is C10H16N2O. The molecule has 13 heavy (non-hydrogen) atoms. The Labute approximate surface area is 78.7 Å². The summed E-state index contributed by atoms with van der Waals surface area (Å²) in [5.41, 5.74) is 13.1. The molecule has 0 amide bonds. The summed E-state index contributed by atoms with van der Waals surface area (Å²) in [4.78, 5) is 0. The van der Waals surface area contributed by atoms with Gasteiger partial charge in [-0.25, -0.2) is 0 Å². The number of rotatable bonds is 3. The van der Waals surface area contributed by atoms with Gasteiger partial charge in [-0.15, -0.1) is 0 Å². The van der Waals surface area contributed by atoms with Gasteiger partial charge in [-0.05, 0) is 19.9 Å². The van der Waals surface area contributed by atoms with Crippen molar-refractivity contribution in [3.63, 3.8) is 0 Å². The molecule has 0 saturated heterocycles. The summed E-state index contributed by atoms with van der Waals surface area (Å²) in [5, 5.41) is 0. The Bertz CT molecular complexity index is 273. The summed E-state index contributed by atoms with van der Waals surface area (Å²) >= 11 is 0. The van der Waals surface area contributed by atoms with E-state index in [4.69, 9.17) is 16.2 Å². The Morgan fingerprint density at radius 3 is 2.38 bits per heavy atom. The third kappa shape index (κ3) is 2.72. The topological polar surface area (TPSA) is 61.3 Å². The Hall–Kier alpha value is -1.06. The second-order valence-corrected chi connectivity index (χ2v) is 3.23. The molecule has 0 heterocycles. The van der Waals surface area contributed by atoms with Crippen LogP contribution in [-0.4, -0.2) is 6.10 Å².